The van der Waals surface area contributed by atoms with Crippen molar-refractivity contribution in [1.29, 1.82) is 5.26 Å². The van der Waals surface area contributed by atoms with E-state index in [-0.39, 0.29) is 35.5 Å². The molecular weight excluding hydrogens is 525 g/mol. The van der Waals surface area contributed by atoms with Crippen LogP contribution in [-0.2, 0) is 9.59 Å². The lowest BCUT2D eigenvalue weighted by Gasteiger charge is -2.29. The Morgan fingerprint density at radius 3 is 2.72 bits per heavy atom. The van der Waals surface area contributed by atoms with Gasteiger partial charge in [-0.3, -0.25) is 14.4 Å². The van der Waals surface area contributed by atoms with E-state index in [0.717, 1.165) is 23.1 Å². The summed E-state index contributed by atoms with van der Waals surface area (Å²) in [5.74, 6) is -7.86. The lowest BCUT2D eigenvalue weighted by molar-refractivity contribution is -0.129. The standard InChI is InChI=1S/C26H26F5N5O3/c27-18-4-3-15(22(28)29)20-16(18)7-19(35-20)25(39)36-11-13-8-26(30,31)9-17(13)21(36)24(38)34-14(10-32)6-12-2-1-5-33-23(12)37/h3-4,7,12-14,17,21-22,35H,1-2,5-6,8-9,11H2,(H,33,37)(H,34,38)/t12-,13+,14+,17+,21+/m0/s1. The van der Waals surface area contributed by atoms with E-state index in [1.54, 1.807) is 0 Å². The molecule has 0 spiro atoms. The van der Waals surface area contributed by atoms with Crippen molar-refractivity contribution in [3.05, 3.63) is 35.3 Å². The zero-order chi connectivity index (χ0) is 28.1. The molecule has 0 radical (unpaired) electrons. The molecule has 1 aliphatic carbocycles. The van der Waals surface area contributed by atoms with Crippen molar-refractivity contribution in [2.75, 3.05) is 13.1 Å². The summed E-state index contributed by atoms with van der Waals surface area (Å²) in [5, 5.41) is 14.6. The van der Waals surface area contributed by atoms with Crippen molar-refractivity contribution in [1.82, 2.24) is 20.5 Å². The molecule has 1 saturated carbocycles. The topological polar surface area (TPSA) is 118 Å². The van der Waals surface area contributed by atoms with Crippen molar-refractivity contribution in [2.45, 2.75) is 56.5 Å². The predicted octanol–water partition coefficient (Wildman–Crippen LogP) is 3.66. The van der Waals surface area contributed by atoms with Gasteiger partial charge in [0.25, 0.3) is 12.3 Å². The Labute approximate surface area is 219 Å². The van der Waals surface area contributed by atoms with Crippen molar-refractivity contribution in [2.24, 2.45) is 17.8 Å². The maximum absolute atomic E-state index is 14.4. The van der Waals surface area contributed by atoms with Crippen molar-refractivity contribution < 1.29 is 36.3 Å². The van der Waals surface area contributed by atoms with Gasteiger partial charge in [-0.1, -0.05) is 0 Å². The third-order valence-corrected chi connectivity index (χ3v) is 8.03. The highest BCUT2D eigenvalue weighted by molar-refractivity contribution is 6.01. The monoisotopic (exact) mass is 551 g/mol. The number of nitrogens with zero attached hydrogens (tertiary/aromatic N) is 2. The fourth-order valence-electron chi connectivity index (χ4n) is 6.25. The number of hydrogen-bond donors (Lipinski definition) is 3. The third kappa shape index (κ3) is 5.04. The number of likely N-dealkylation sites (tertiary alicyclic amines) is 1. The predicted molar refractivity (Wildman–Crippen MR) is 127 cm³/mol. The summed E-state index contributed by atoms with van der Waals surface area (Å²) < 4.78 is 69.9. The molecule has 3 N–H and O–H groups in total. The van der Waals surface area contributed by atoms with Crippen LogP contribution in [0.3, 0.4) is 0 Å². The van der Waals surface area contributed by atoms with Crippen molar-refractivity contribution in [3.63, 3.8) is 0 Å². The summed E-state index contributed by atoms with van der Waals surface area (Å²) in [4.78, 5) is 42.7. The first-order valence-corrected chi connectivity index (χ1v) is 12.7. The number of rotatable bonds is 6. The minimum absolute atomic E-state index is 0.0245. The van der Waals surface area contributed by atoms with Gasteiger partial charge in [0.2, 0.25) is 17.7 Å². The molecule has 13 heteroatoms. The first kappa shape index (κ1) is 26.9. The molecule has 3 heterocycles. The molecule has 2 aliphatic heterocycles. The summed E-state index contributed by atoms with van der Waals surface area (Å²) in [7, 11) is 0. The molecule has 5 rings (SSSR count). The van der Waals surface area contributed by atoms with Gasteiger partial charge >= 0.3 is 0 Å². The van der Waals surface area contributed by atoms with E-state index in [4.69, 9.17) is 0 Å². The zero-order valence-corrected chi connectivity index (χ0v) is 20.7. The Balaban J connectivity index is 1.42. The number of nitrogens with one attached hydrogen (secondary N) is 3. The quantitative estimate of drug-likeness (QED) is 0.475. The molecule has 3 amide bonds. The van der Waals surface area contributed by atoms with Crippen LogP contribution in [0.25, 0.3) is 10.9 Å². The Bertz CT molecular complexity index is 1360. The van der Waals surface area contributed by atoms with Crippen LogP contribution in [0, 0.1) is 34.9 Å². The number of fused-ring (bicyclic) bond motifs is 2. The van der Waals surface area contributed by atoms with Gasteiger partial charge < -0.3 is 20.5 Å². The molecule has 0 unspecified atom stereocenters. The molecule has 1 aromatic heterocycles. The Morgan fingerprint density at radius 2 is 2.03 bits per heavy atom. The lowest BCUT2D eigenvalue weighted by Crippen LogP contribution is -2.52. The van der Waals surface area contributed by atoms with Gasteiger partial charge in [-0.15, -0.1) is 0 Å². The number of carbonyl (C=O) groups excluding carboxylic acids is 3. The minimum Gasteiger partial charge on any atom is -0.356 e. The van der Waals surface area contributed by atoms with E-state index < -0.39 is 78.2 Å². The summed E-state index contributed by atoms with van der Waals surface area (Å²) in [6.45, 7) is 0.324. The van der Waals surface area contributed by atoms with Crippen LogP contribution in [-0.4, -0.2) is 58.7 Å². The molecule has 2 aromatic rings. The number of piperidine rings is 1. The average Bonchev–Trinajstić information content (AvgIpc) is 3.54. The summed E-state index contributed by atoms with van der Waals surface area (Å²) >= 11 is 0. The lowest BCUT2D eigenvalue weighted by atomic mass is 9.90. The number of carbonyl (C=O) groups is 3. The number of benzene rings is 1. The normalized spacial score (nSPS) is 26.8. The van der Waals surface area contributed by atoms with Crippen molar-refractivity contribution in [3.8, 4) is 6.07 Å². The number of alkyl halides is 4. The van der Waals surface area contributed by atoms with E-state index in [1.165, 1.54) is 0 Å². The van der Waals surface area contributed by atoms with Crippen LogP contribution in [0.1, 0.15) is 54.6 Å². The molecule has 8 nitrogen and oxygen atoms in total. The van der Waals surface area contributed by atoms with Gasteiger partial charge in [0.1, 0.15) is 23.6 Å². The van der Waals surface area contributed by atoms with Gasteiger partial charge in [0.15, 0.2) is 0 Å². The molecule has 1 aromatic carbocycles. The highest BCUT2D eigenvalue weighted by atomic mass is 19.3. The molecule has 208 valence electrons. The molecule has 2 saturated heterocycles. The van der Waals surface area contributed by atoms with Crippen LogP contribution in [0.4, 0.5) is 22.0 Å². The number of amides is 3. The molecule has 3 fully saturated rings. The molecule has 5 atom stereocenters. The summed E-state index contributed by atoms with van der Waals surface area (Å²) in [5.41, 5.74) is -1.05. The van der Waals surface area contributed by atoms with Gasteiger partial charge in [-0.05, 0) is 49.3 Å². The van der Waals surface area contributed by atoms with E-state index in [2.05, 4.69) is 15.6 Å². The summed E-state index contributed by atoms with van der Waals surface area (Å²) in [6.07, 6.45) is -2.86. The van der Waals surface area contributed by atoms with Crippen LogP contribution in [0.2, 0.25) is 0 Å². The van der Waals surface area contributed by atoms with E-state index in [1.807, 2.05) is 6.07 Å². The fraction of sp³-hybridized carbons (Fsp3) is 0.538. The number of H-pyrrole nitrogens is 1. The van der Waals surface area contributed by atoms with E-state index in [0.29, 0.717) is 19.4 Å². The second-order valence-corrected chi connectivity index (χ2v) is 10.6. The van der Waals surface area contributed by atoms with Gasteiger partial charge in [-0.25, -0.2) is 22.0 Å². The fourth-order valence-corrected chi connectivity index (χ4v) is 6.25. The number of aromatic nitrogens is 1. The smallest absolute Gasteiger partial charge is 0.271 e. The number of aromatic amines is 1. The number of nitriles is 1. The second-order valence-electron chi connectivity index (χ2n) is 10.6. The zero-order valence-electron chi connectivity index (χ0n) is 20.7. The maximum atomic E-state index is 14.4. The van der Waals surface area contributed by atoms with Crippen LogP contribution >= 0.6 is 0 Å². The molecule has 0 bridgehead atoms. The van der Waals surface area contributed by atoms with Gasteiger partial charge in [0, 0.05) is 42.8 Å². The highest BCUT2D eigenvalue weighted by Crippen LogP contribution is 2.50. The average molecular weight is 552 g/mol. The van der Waals surface area contributed by atoms with Gasteiger partial charge in [0.05, 0.1) is 11.6 Å². The van der Waals surface area contributed by atoms with Crippen LogP contribution in [0.15, 0.2) is 18.2 Å². The highest BCUT2D eigenvalue weighted by Gasteiger charge is 2.58. The molecule has 39 heavy (non-hydrogen) atoms. The summed E-state index contributed by atoms with van der Waals surface area (Å²) in [6, 6.07) is 2.30. The first-order valence-electron chi connectivity index (χ1n) is 12.7. The van der Waals surface area contributed by atoms with Crippen LogP contribution in [0.5, 0.6) is 0 Å². The van der Waals surface area contributed by atoms with E-state index >= 15 is 0 Å². The maximum Gasteiger partial charge on any atom is 0.271 e. The molecule has 3 aliphatic rings. The number of hydrogen-bond acceptors (Lipinski definition) is 4. The third-order valence-electron chi connectivity index (χ3n) is 8.03. The SMILES string of the molecule is N#C[C@@H](C[C@@H]1CCCNC1=O)NC(=O)[C@H]1[C@@H]2CC(F)(F)C[C@@H]2CN1C(=O)c1cc2c(F)ccc(C(F)F)c2[nH]1. The Morgan fingerprint density at radius 1 is 1.26 bits per heavy atom. The van der Waals surface area contributed by atoms with E-state index in [9.17, 15) is 41.6 Å². The Hall–Kier alpha value is -3.69. The number of halogens is 5. The van der Waals surface area contributed by atoms with Crippen LogP contribution < -0.4 is 10.6 Å². The molecular formula is C26H26F5N5O3. The van der Waals surface area contributed by atoms with Crippen molar-refractivity contribution >= 4 is 28.6 Å². The largest absolute Gasteiger partial charge is 0.356 e. The Kier molecular flexibility index (Phi) is 6.99. The first-order chi connectivity index (χ1) is 18.5. The van der Waals surface area contributed by atoms with Gasteiger partial charge in [-0.2, -0.15) is 5.26 Å². The minimum atomic E-state index is -3.03. The second kappa shape index (κ2) is 10.1.